The molecule has 2 unspecified atom stereocenters. The van der Waals surface area contributed by atoms with E-state index < -0.39 is 17.8 Å². The maximum atomic E-state index is 13.1. The lowest BCUT2D eigenvalue weighted by atomic mass is 9.89. The van der Waals surface area contributed by atoms with Gasteiger partial charge in [0.1, 0.15) is 5.82 Å². The van der Waals surface area contributed by atoms with E-state index in [-0.39, 0.29) is 11.6 Å². The first kappa shape index (κ1) is 16.5. The number of rotatable bonds is 4. The molecule has 21 heavy (non-hydrogen) atoms. The summed E-state index contributed by atoms with van der Waals surface area (Å²) < 4.78 is 13.1. The minimum Gasteiger partial charge on any atom is -0.388 e. The minimum atomic E-state index is -0.996. The second kappa shape index (κ2) is 6.95. The highest BCUT2D eigenvalue weighted by molar-refractivity contribution is 6.33. The van der Waals surface area contributed by atoms with E-state index in [2.05, 4.69) is 0 Å². The van der Waals surface area contributed by atoms with Crippen molar-refractivity contribution in [3.8, 4) is 0 Å². The summed E-state index contributed by atoms with van der Waals surface area (Å²) in [5.74, 6) is -0.969. The molecule has 0 radical (unpaired) electrons. The van der Waals surface area contributed by atoms with Crippen LogP contribution in [0.3, 0.4) is 0 Å². The molecule has 3 N–H and O–H groups in total. The molecule has 0 spiro atoms. The van der Waals surface area contributed by atoms with Crippen LogP contribution in [-0.2, 0) is 0 Å². The number of aliphatic hydroxyl groups excluding tert-OH is 1. The highest BCUT2D eigenvalue weighted by atomic mass is 35.5. The molecule has 6 heteroatoms. The Morgan fingerprint density at radius 1 is 1.00 bits per heavy atom. The van der Waals surface area contributed by atoms with E-state index in [1.54, 1.807) is 18.2 Å². The lowest BCUT2D eigenvalue weighted by molar-refractivity contribution is 0.147. The zero-order chi connectivity index (χ0) is 15.6. The molecule has 0 bridgehead atoms. The summed E-state index contributed by atoms with van der Waals surface area (Å²) >= 11 is 18.1. The van der Waals surface area contributed by atoms with Gasteiger partial charge in [-0.1, -0.05) is 40.9 Å². The minimum absolute atomic E-state index is 0.120. The smallest absolute Gasteiger partial charge is 0.124 e. The number of halogens is 4. The fourth-order valence-electron chi connectivity index (χ4n) is 2.19. The summed E-state index contributed by atoms with van der Waals surface area (Å²) in [6.45, 7) is 0.120. The Morgan fingerprint density at radius 2 is 1.71 bits per heavy atom. The predicted octanol–water partition coefficient (Wildman–Crippen LogP) is 4.56. The molecule has 2 atom stereocenters. The van der Waals surface area contributed by atoms with Crippen LogP contribution < -0.4 is 5.73 Å². The van der Waals surface area contributed by atoms with Crippen LogP contribution in [0.5, 0.6) is 0 Å². The van der Waals surface area contributed by atoms with Crippen LogP contribution in [0.4, 0.5) is 4.39 Å². The van der Waals surface area contributed by atoms with Crippen LogP contribution in [0.1, 0.15) is 23.1 Å². The van der Waals surface area contributed by atoms with Crippen molar-refractivity contribution in [1.82, 2.24) is 0 Å². The normalized spacial score (nSPS) is 14.0. The predicted molar refractivity (Wildman–Crippen MR) is 84.6 cm³/mol. The van der Waals surface area contributed by atoms with E-state index in [9.17, 15) is 9.50 Å². The monoisotopic (exact) mass is 347 g/mol. The molecule has 0 aliphatic carbocycles. The Labute approximate surface area is 137 Å². The third kappa shape index (κ3) is 3.68. The van der Waals surface area contributed by atoms with Gasteiger partial charge in [-0.25, -0.2) is 4.39 Å². The Hall–Kier alpha value is -0.840. The van der Waals surface area contributed by atoms with Crippen molar-refractivity contribution in [3.63, 3.8) is 0 Å². The van der Waals surface area contributed by atoms with E-state index in [0.29, 0.717) is 21.2 Å². The van der Waals surface area contributed by atoms with Crippen molar-refractivity contribution in [2.24, 2.45) is 5.73 Å². The largest absolute Gasteiger partial charge is 0.388 e. The summed E-state index contributed by atoms with van der Waals surface area (Å²) in [4.78, 5) is 0. The average molecular weight is 349 g/mol. The molecule has 2 rings (SSSR count). The van der Waals surface area contributed by atoms with Crippen LogP contribution in [0, 0.1) is 5.82 Å². The van der Waals surface area contributed by atoms with Gasteiger partial charge in [-0.2, -0.15) is 0 Å². The van der Waals surface area contributed by atoms with Crippen molar-refractivity contribution in [2.45, 2.75) is 12.0 Å². The number of hydrogen-bond acceptors (Lipinski definition) is 2. The highest BCUT2D eigenvalue weighted by Gasteiger charge is 2.25. The van der Waals surface area contributed by atoms with Gasteiger partial charge in [-0.15, -0.1) is 0 Å². The van der Waals surface area contributed by atoms with Gasteiger partial charge >= 0.3 is 0 Å². The molecule has 0 aliphatic heterocycles. The van der Waals surface area contributed by atoms with Crippen LogP contribution in [-0.4, -0.2) is 11.7 Å². The van der Waals surface area contributed by atoms with Crippen molar-refractivity contribution in [1.29, 1.82) is 0 Å². The Morgan fingerprint density at radius 3 is 2.33 bits per heavy atom. The molecular formula is C15H13Cl3FNO. The molecule has 0 fully saturated rings. The number of aliphatic hydroxyl groups is 1. The lowest BCUT2D eigenvalue weighted by Gasteiger charge is -2.24. The summed E-state index contributed by atoms with van der Waals surface area (Å²) in [7, 11) is 0. The standard InChI is InChI=1S/C15H13Cl3FNO/c16-8-1-4-13(17)11(5-8)15(21)12(7-20)10-3-2-9(19)6-14(10)18/h1-6,12,15,21H,7,20H2. The van der Waals surface area contributed by atoms with Gasteiger partial charge in [0, 0.05) is 33.1 Å². The van der Waals surface area contributed by atoms with Gasteiger partial charge < -0.3 is 10.8 Å². The van der Waals surface area contributed by atoms with Crippen LogP contribution >= 0.6 is 34.8 Å². The van der Waals surface area contributed by atoms with E-state index in [0.717, 1.165) is 0 Å². The average Bonchev–Trinajstić information content (AvgIpc) is 2.44. The molecule has 0 amide bonds. The highest BCUT2D eigenvalue weighted by Crippen LogP contribution is 2.37. The first-order valence-corrected chi connectivity index (χ1v) is 7.35. The lowest BCUT2D eigenvalue weighted by Crippen LogP contribution is -2.21. The fraction of sp³-hybridized carbons (Fsp3) is 0.200. The summed E-state index contributed by atoms with van der Waals surface area (Å²) in [6.07, 6.45) is -0.996. The Bertz CT molecular complexity index is 651. The van der Waals surface area contributed by atoms with Crippen molar-refractivity contribution in [3.05, 3.63) is 68.4 Å². The first-order chi connectivity index (χ1) is 9.93. The Kier molecular flexibility index (Phi) is 5.47. The molecule has 0 saturated carbocycles. The molecule has 0 heterocycles. The SMILES string of the molecule is NCC(c1ccc(F)cc1Cl)C(O)c1cc(Cl)ccc1Cl. The third-order valence-corrected chi connectivity index (χ3v) is 4.18. The van der Waals surface area contributed by atoms with Crippen LogP contribution in [0.2, 0.25) is 15.1 Å². The van der Waals surface area contributed by atoms with Crippen molar-refractivity contribution >= 4 is 34.8 Å². The number of hydrogen-bond donors (Lipinski definition) is 2. The summed E-state index contributed by atoms with van der Waals surface area (Å²) in [5, 5.41) is 11.6. The molecule has 2 aromatic rings. The zero-order valence-electron chi connectivity index (χ0n) is 10.9. The van der Waals surface area contributed by atoms with E-state index >= 15 is 0 Å². The molecule has 2 nitrogen and oxygen atoms in total. The van der Waals surface area contributed by atoms with Gasteiger partial charge in [-0.3, -0.25) is 0 Å². The molecule has 0 aromatic heterocycles. The maximum absolute atomic E-state index is 13.1. The topological polar surface area (TPSA) is 46.2 Å². The molecule has 0 saturated heterocycles. The maximum Gasteiger partial charge on any atom is 0.124 e. The van der Waals surface area contributed by atoms with Gasteiger partial charge in [-0.05, 0) is 35.9 Å². The second-order valence-corrected chi connectivity index (χ2v) is 5.87. The zero-order valence-corrected chi connectivity index (χ0v) is 13.1. The molecular weight excluding hydrogens is 336 g/mol. The van der Waals surface area contributed by atoms with Crippen molar-refractivity contribution < 1.29 is 9.50 Å². The van der Waals surface area contributed by atoms with Crippen LogP contribution in [0.25, 0.3) is 0 Å². The van der Waals surface area contributed by atoms with Gasteiger partial charge in [0.15, 0.2) is 0 Å². The summed E-state index contributed by atoms with van der Waals surface area (Å²) in [5.41, 5.74) is 6.77. The van der Waals surface area contributed by atoms with E-state index in [1.165, 1.54) is 18.2 Å². The molecule has 112 valence electrons. The third-order valence-electron chi connectivity index (χ3n) is 3.27. The van der Waals surface area contributed by atoms with E-state index in [1.807, 2.05) is 0 Å². The molecule has 2 aromatic carbocycles. The molecule has 0 aliphatic rings. The van der Waals surface area contributed by atoms with Crippen molar-refractivity contribution in [2.75, 3.05) is 6.54 Å². The number of nitrogens with two attached hydrogens (primary N) is 1. The Balaban J connectivity index is 2.43. The van der Waals surface area contributed by atoms with Gasteiger partial charge in [0.25, 0.3) is 0 Å². The van der Waals surface area contributed by atoms with Gasteiger partial charge in [0.05, 0.1) is 6.10 Å². The second-order valence-electron chi connectivity index (χ2n) is 4.62. The fourth-order valence-corrected chi connectivity index (χ4v) is 2.90. The number of benzene rings is 2. The first-order valence-electron chi connectivity index (χ1n) is 6.22. The van der Waals surface area contributed by atoms with Crippen LogP contribution in [0.15, 0.2) is 36.4 Å². The van der Waals surface area contributed by atoms with Gasteiger partial charge in [0.2, 0.25) is 0 Å². The quantitative estimate of drug-likeness (QED) is 0.850. The summed E-state index contributed by atoms with van der Waals surface area (Å²) in [6, 6.07) is 8.78. The van der Waals surface area contributed by atoms with E-state index in [4.69, 9.17) is 40.5 Å².